The molecule has 0 saturated heterocycles. The summed E-state index contributed by atoms with van der Waals surface area (Å²) >= 11 is 0. The normalized spacial score (nSPS) is 10.1. The first-order chi connectivity index (χ1) is 9.52. The zero-order chi connectivity index (χ0) is 14.5. The van der Waals surface area contributed by atoms with E-state index < -0.39 is 0 Å². The number of rotatable bonds is 4. The first-order valence-corrected chi connectivity index (χ1v) is 5.79. The summed E-state index contributed by atoms with van der Waals surface area (Å²) < 4.78 is 0. The van der Waals surface area contributed by atoms with Crippen LogP contribution in [0.2, 0.25) is 0 Å². The molecule has 0 aliphatic carbocycles. The highest BCUT2D eigenvalue weighted by molar-refractivity contribution is 5.90. The number of aromatic nitrogens is 5. The van der Waals surface area contributed by atoms with Gasteiger partial charge in [-0.05, 0) is 6.92 Å². The molecule has 0 aliphatic rings. The van der Waals surface area contributed by atoms with Crippen LogP contribution >= 0.6 is 0 Å². The van der Waals surface area contributed by atoms with Crippen molar-refractivity contribution in [3.8, 4) is 0 Å². The van der Waals surface area contributed by atoms with E-state index in [9.17, 15) is 9.59 Å². The van der Waals surface area contributed by atoms with E-state index in [1.54, 1.807) is 6.92 Å². The topological polar surface area (TPSA) is 115 Å². The Labute approximate surface area is 114 Å². The highest BCUT2D eigenvalue weighted by atomic mass is 16.2. The minimum Gasteiger partial charge on any atom is -0.322 e. The van der Waals surface area contributed by atoms with E-state index >= 15 is 0 Å². The highest BCUT2D eigenvalue weighted by Crippen LogP contribution is 2.03. The van der Waals surface area contributed by atoms with Crippen molar-refractivity contribution < 1.29 is 9.59 Å². The van der Waals surface area contributed by atoms with Crippen molar-refractivity contribution in [3.05, 3.63) is 24.4 Å². The van der Waals surface area contributed by atoms with Crippen LogP contribution in [0.15, 0.2) is 18.6 Å². The van der Waals surface area contributed by atoms with Gasteiger partial charge in [0.1, 0.15) is 12.4 Å². The third-order valence-corrected chi connectivity index (χ3v) is 2.19. The standard InChI is InChI=1S/C11H13N7O2/c1-7-12-3-9(4-13-7)16-11(20)6-18-14-5-10(17-18)15-8(2)19/h3-5H,6H2,1-2H3,(H,16,20)(H,15,17,19). The minimum absolute atomic E-state index is 0.0759. The number of carbonyl (C=O) groups excluding carboxylic acids is 2. The predicted octanol–water partition coefficient (Wildman–Crippen LogP) is -0.0264. The molecule has 104 valence electrons. The third kappa shape index (κ3) is 3.83. The van der Waals surface area contributed by atoms with Crippen molar-refractivity contribution in [2.24, 2.45) is 0 Å². The maximum Gasteiger partial charge on any atom is 0.248 e. The molecule has 20 heavy (non-hydrogen) atoms. The van der Waals surface area contributed by atoms with E-state index in [4.69, 9.17) is 0 Å². The summed E-state index contributed by atoms with van der Waals surface area (Å²) in [6.45, 7) is 3.04. The largest absolute Gasteiger partial charge is 0.322 e. The smallest absolute Gasteiger partial charge is 0.248 e. The Bertz CT molecular complexity index is 620. The maximum absolute atomic E-state index is 11.7. The molecule has 2 heterocycles. The van der Waals surface area contributed by atoms with Crippen LogP contribution in [0, 0.1) is 6.92 Å². The van der Waals surface area contributed by atoms with Gasteiger partial charge in [-0.15, -0.1) is 5.10 Å². The van der Waals surface area contributed by atoms with Gasteiger partial charge in [0.2, 0.25) is 11.8 Å². The Morgan fingerprint density at radius 1 is 1.20 bits per heavy atom. The number of hydrogen-bond acceptors (Lipinski definition) is 6. The van der Waals surface area contributed by atoms with Gasteiger partial charge in [0.05, 0.1) is 24.3 Å². The maximum atomic E-state index is 11.7. The van der Waals surface area contributed by atoms with E-state index in [0.29, 0.717) is 17.3 Å². The molecule has 2 rings (SSSR count). The zero-order valence-electron chi connectivity index (χ0n) is 11.0. The number of aryl methyl sites for hydroxylation is 1. The van der Waals surface area contributed by atoms with Crippen molar-refractivity contribution in [2.75, 3.05) is 10.6 Å². The van der Waals surface area contributed by atoms with Crippen LogP contribution in [0.1, 0.15) is 12.7 Å². The molecule has 2 aromatic rings. The SMILES string of the molecule is CC(=O)Nc1cnn(CC(=O)Nc2cnc(C)nc2)n1. The Kier molecular flexibility index (Phi) is 3.99. The zero-order valence-corrected chi connectivity index (χ0v) is 11.0. The van der Waals surface area contributed by atoms with E-state index in [1.807, 2.05) is 0 Å². The van der Waals surface area contributed by atoms with Crippen LogP contribution in [0.25, 0.3) is 0 Å². The quantitative estimate of drug-likeness (QED) is 0.810. The van der Waals surface area contributed by atoms with Crippen LogP contribution in [0.5, 0.6) is 0 Å². The lowest BCUT2D eigenvalue weighted by Gasteiger charge is -2.03. The van der Waals surface area contributed by atoms with Crippen LogP contribution in [0.3, 0.4) is 0 Å². The van der Waals surface area contributed by atoms with Crippen LogP contribution in [-0.2, 0) is 16.1 Å². The summed E-state index contributed by atoms with van der Waals surface area (Å²) in [5, 5.41) is 12.9. The molecule has 0 fully saturated rings. The summed E-state index contributed by atoms with van der Waals surface area (Å²) in [6.07, 6.45) is 4.39. The van der Waals surface area contributed by atoms with E-state index in [0.717, 1.165) is 0 Å². The van der Waals surface area contributed by atoms with Gasteiger partial charge in [-0.25, -0.2) is 9.97 Å². The Morgan fingerprint density at radius 3 is 2.55 bits per heavy atom. The third-order valence-electron chi connectivity index (χ3n) is 2.19. The Hall–Kier alpha value is -2.84. The van der Waals surface area contributed by atoms with Gasteiger partial charge in [0.25, 0.3) is 0 Å². The molecule has 0 aliphatic heterocycles. The first kappa shape index (κ1) is 13.6. The van der Waals surface area contributed by atoms with Crippen molar-refractivity contribution in [1.82, 2.24) is 25.0 Å². The van der Waals surface area contributed by atoms with Crippen molar-refractivity contribution >= 4 is 23.3 Å². The van der Waals surface area contributed by atoms with Crippen molar-refractivity contribution in [1.29, 1.82) is 0 Å². The van der Waals surface area contributed by atoms with Gasteiger partial charge in [0, 0.05) is 6.92 Å². The predicted molar refractivity (Wildman–Crippen MR) is 69.7 cm³/mol. The fourth-order valence-corrected chi connectivity index (χ4v) is 1.40. The molecule has 2 aromatic heterocycles. The summed E-state index contributed by atoms with van der Waals surface area (Å²) in [4.78, 5) is 31.7. The molecule has 9 nitrogen and oxygen atoms in total. The molecule has 0 saturated carbocycles. The fourth-order valence-electron chi connectivity index (χ4n) is 1.40. The summed E-state index contributed by atoms with van der Waals surface area (Å²) in [5.74, 6) is 0.349. The van der Waals surface area contributed by atoms with Gasteiger partial charge in [-0.3, -0.25) is 9.59 Å². The summed E-state index contributed by atoms with van der Waals surface area (Å²) in [7, 11) is 0. The summed E-state index contributed by atoms with van der Waals surface area (Å²) in [6, 6.07) is 0. The van der Waals surface area contributed by atoms with Crippen molar-refractivity contribution in [3.63, 3.8) is 0 Å². The second-order valence-electron chi connectivity index (χ2n) is 4.01. The number of carbonyl (C=O) groups is 2. The van der Waals surface area contributed by atoms with Gasteiger partial charge >= 0.3 is 0 Å². The van der Waals surface area contributed by atoms with E-state index in [1.165, 1.54) is 30.3 Å². The molecular weight excluding hydrogens is 262 g/mol. The Balaban J connectivity index is 1.92. The number of nitrogens with zero attached hydrogens (tertiary/aromatic N) is 5. The van der Waals surface area contributed by atoms with Gasteiger partial charge in [-0.2, -0.15) is 9.90 Å². The lowest BCUT2D eigenvalue weighted by molar-refractivity contribution is -0.117. The van der Waals surface area contributed by atoms with Crippen LogP contribution in [-0.4, -0.2) is 36.8 Å². The monoisotopic (exact) mass is 275 g/mol. The lowest BCUT2D eigenvalue weighted by Crippen LogP contribution is -2.20. The number of hydrogen-bond donors (Lipinski definition) is 2. The molecule has 0 bridgehead atoms. The first-order valence-electron chi connectivity index (χ1n) is 5.79. The van der Waals surface area contributed by atoms with Gasteiger partial charge < -0.3 is 10.6 Å². The number of nitrogens with one attached hydrogen (secondary N) is 2. The average molecular weight is 275 g/mol. The molecular formula is C11H13N7O2. The van der Waals surface area contributed by atoms with Crippen LogP contribution in [0.4, 0.5) is 11.5 Å². The average Bonchev–Trinajstić information content (AvgIpc) is 2.78. The Morgan fingerprint density at radius 2 is 1.90 bits per heavy atom. The number of amides is 2. The van der Waals surface area contributed by atoms with Crippen molar-refractivity contribution in [2.45, 2.75) is 20.4 Å². The molecule has 0 spiro atoms. The van der Waals surface area contributed by atoms with Crippen LogP contribution < -0.4 is 10.6 Å². The molecule has 0 unspecified atom stereocenters. The molecule has 9 heteroatoms. The van der Waals surface area contributed by atoms with Gasteiger partial charge in [0.15, 0.2) is 5.82 Å². The molecule has 2 N–H and O–H groups in total. The molecule has 0 aromatic carbocycles. The summed E-state index contributed by atoms with van der Waals surface area (Å²) in [5.41, 5.74) is 0.495. The molecule has 2 amide bonds. The molecule has 0 radical (unpaired) electrons. The minimum atomic E-state index is -0.317. The second kappa shape index (κ2) is 5.87. The second-order valence-corrected chi connectivity index (χ2v) is 4.01. The molecule has 0 atom stereocenters. The number of anilines is 2. The highest BCUT2D eigenvalue weighted by Gasteiger charge is 2.07. The van der Waals surface area contributed by atoms with E-state index in [-0.39, 0.29) is 18.4 Å². The van der Waals surface area contributed by atoms with Gasteiger partial charge in [-0.1, -0.05) is 0 Å². The van der Waals surface area contributed by atoms with E-state index in [2.05, 4.69) is 30.8 Å². The lowest BCUT2D eigenvalue weighted by atomic mass is 10.5. The fraction of sp³-hybridized carbons (Fsp3) is 0.273.